The van der Waals surface area contributed by atoms with Gasteiger partial charge in [-0.1, -0.05) is 30.3 Å². The van der Waals surface area contributed by atoms with E-state index >= 15 is 0 Å². The fourth-order valence-electron chi connectivity index (χ4n) is 1.75. The third-order valence-corrected chi connectivity index (χ3v) is 2.76. The van der Waals surface area contributed by atoms with E-state index in [9.17, 15) is 5.11 Å². The lowest BCUT2D eigenvalue weighted by Gasteiger charge is -2.04. The molecule has 0 aliphatic rings. The van der Waals surface area contributed by atoms with E-state index in [2.05, 4.69) is 6.07 Å². The first-order valence-electron chi connectivity index (χ1n) is 5.55. The van der Waals surface area contributed by atoms with Gasteiger partial charge in [0.2, 0.25) is 0 Å². The van der Waals surface area contributed by atoms with Gasteiger partial charge in [0.1, 0.15) is 5.75 Å². The predicted molar refractivity (Wildman–Crippen MR) is 66.7 cm³/mol. The third kappa shape index (κ3) is 2.85. The van der Waals surface area contributed by atoms with Crippen LogP contribution in [0.15, 0.2) is 48.5 Å². The number of nitrogens with zero attached hydrogens (tertiary/aromatic N) is 1. The molecule has 0 fully saturated rings. The number of phenolic OH excluding ortho intramolecular Hbond substituents is 1. The van der Waals surface area contributed by atoms with Crippen molar-refractivity contribution in [2.75, 3.05) is 0 Å². The summed E-state index contributed by atoms with van der Waals surface area (Å²) in [7, 11) is 0. The normalized spacial score (nSPS) is 9.82. The van der Waals surface area contributed by atoms with Crippen molar-refractivity contribution in [3.63, 3.8) is 0 Å². The Morgan fingerprint density at radius 2 is 1.65 bits per heavy atom. The van der Waals surface area contributed by atoms with Crippen molar-refractivity contribution in [1.82, 2.24) is 0 Å². The summed E-state index contributed by atoms with van der Waals surface area (Å²) in [4.78, 5) is 0. The van der Waals surface area contributed by atoms with Crippen molar-refractivity contribution in [3.05, 3.63) is 65.2 Å². The van der Waals surface area contributed by atoms with Crippen LogP contribution in [-0.2, 0) is 12.8 Å². The molecular weight excluding hydrogens is 210 g/mol. The third-order valence-electron chi connectivity index (χ3n) is 2.76. The van der Waals surface area contributed by atoms with Gasteiger partial charge in [-0.05, 0) is 42.2 Å². The molecule has 0 atom stereocenters. The topological polar surface area (TPSA) is 44.0 Å². The molecule has 17 heavy (non-hydrogen) atoms. The lowest BCUT2D eigenvalue weighted by atomic mass is 10.0. The van der Waals surface area contributed by atoms with Crippen molar-refractivity contribution < 1.29 is 5.11 Å². The summed E-state index contributed by atoms with van der Waals surface area (Å²) in [6.07, 6.45) is 1.67. The van der Waals surface area contributed by atoms with Gasteiger partial charge in [0, 0.05) is 0 Å². The number of rotatable bonds is 3. The Morgan fingerprint density at radius 1 is 0.941 bits per heavy atom. The molecule has 0 heterocycles. The minimum absolute atomic E-state index is 0.348. The zero-order chi connectivity index (χ0) is 12.1. The Balaban J connectivity index is 2.03. The summed E-state index contributed by atoms with van der Waals surface area (Å²) in [6.45, 7) is 0. The Labute approximate surface area is 101 Å². The monoisotopic (exact) mass is 223 g/mol. The maximum Gasteiger partial charge on any atom is 0.118 e. The van der Waals surface area contributed by atoms with Crippen LogP contribution in [0.5, 0.6) is 5.75 Å². The van der Waals surface area contributed by atoms with Crippen LogP contribution in [0.2, 0.25) is 0 Å². The number of benzene rings is 2. The van der Waals surface area contributed by atoms with Gasteiger partial charge in [-0.3, -0.25) is 0 Å². The largest absolute Gasteiger partial charge is 0.508 e. The van der Waals surface area contributed by atoms with Gasteiger partial charge < -0.3 is 5.11 Å². The molecule has 2 aromatic rings. The quantitative estimate of drug-likeness (QED) is 0.869. The fraction of sp³-hybridized carbons (Fsp3) is 0.133. The van der Waals surface area contributed by atoms with Gasteiger partial charge in [-0.15, -0.1) is 0 Å². The zero-order valence-corrected chi connectivity index (χ0v) is 9.43. The van der Waals surface area contributed by atoms with Gasteiger partial charge in [0.15, 0.2) is 0 Å². The Bertz CT molecular complexity index is 538. The van der Waals surface area contributed by atoms with E-state index in [0.717, 1.165) is 18.4 Å². The summed E-state index contributed by atoms with van der Waals surface area (Å²) >= 11 is 0. The highest BCUT2D eigenvalue weighted by Gasteiger charge is 2.00. The lowest BCUT2D eigenvalue weighted by molar-refractivity contribution is 0.468. The number of aromatic hydroxyl groups is 1. The number of aryl methyl sites for hydroxylation is 2. The summed E-state index contributed by atoms with van der Waals surface area (Å²) in [5, 5.41) is 18.3. The Hall–Kier alpha value is -2.27. The highest BCUT2D eigenvalue weighted by molar-refractivity contribution is 5.34. The molecule has 0 bridgehead atoms. The predicted octanol–water partition coefficient (Wildman–Crippen LogP) is 3.05. The molecule has 2 nitrogen and oxygen atoms in total. The molecule has 0 aromatic heterocycles. The molecule has 0 unspecified atom stereocenters. The minimum Gasteiger partial charge on any atom is -0.508 e. The zero-order valence-electron chi connectivity index (χ0n) is 9.43. The molecule has 0 aliphatic heterocycles. The second-order valence-electron chi connectivity index (χ2n) is 3.94. The maximum absolute atomic E-state index is 9.63. The second kappa shape index (κ2) is 5.18. The van der Waals surface area contributed by atoms with Crippen LogP contribution in [0.1, 0.15) is 16.7 Å². The molecule has 2 aromatic carbocycles. The van der Waals surface area contributed by atoms with Gasteiger partial charge in [0.25, 0.3) is 0 Å². The number of nitriles is 1. The maximum atomic E-state index is 9.63. The first-order chi connectivity index (χ1) is 8.29. The van der Waals surface area contributed by atoms with Crippen LogP contribution in [0.25, 0.3) is 0 Å². The van der Waals surface area contributed by atoms with Crippen LogP contribution in [0, 0.1) is 11.3 Å². The molecule has 2 rings (SSSR count). The Morgan fingerprint density at radius 3 is 2.29 bits per heavy atom. The first-order valence-corrected chi connectivity index (χ1v) is 5.55. The number of hydrogen-bond donors (Lipinski definition) is 1. The number of para-hydroxylation sites is 1. The van der Waals surface area contributed by atoms with Crippen LogP contribution in [-0.4, -0.2) is 5.11 Å². The SMILES string of the molecule is N#Cc1ccc(CCc2ccccc2O)cc1. The van der Waals surface area contributed by atoms with Crippen molar-refractivity contribution in [2.45, 2.75) is 12.8 Å². The molecule has 0 saturated heterocycles. The molecule has 2 heteroatoms. The molecule has 0 radical (unpaired) electrons. The van der Waals surface area contributed by atoms with Gasteiger partial charge in [-0.25, -0.2) is 0 Å². The van der Waals surface area contributed by atoms with Crippen LogP contribution in [0.4, 0.5) is 0 Å². The highest BCUT2D eigenvalue weighted by atomic mass is 16.3. The van der Waals surface area contributed by atoms with E-state index in [1.165, 1.54) is 5.56 Å². The average Bonchev–Trinajstić information content (AvgIpc) is 2.38. The van der Waals surface area contributed by atoms with E-state index in [-0.39, 0.29) is 0 Å². The molecule has 1 N–H and O–H groups in total. The first kappa shape index (κ1) is 11.2. The molecule has 0 spiro atoms. The average molecular weight is 223 g/mol. The van der Waals surface area contributed by atoms with Crippen molar-refractivity contribution in [2.24, 2.45) is 0 Å². The standard InChI is InChI=1S/C15H13NO/c16-11-13-7-5-12(6-8-13)9-10-14-3-1-2-4-15(14)17/h1-8,17H,9-10H2. The van der Waals surface area contributed by atoms with E-state index in [1.54, 1.807) is 6.07 Å². The lowest BCUT2D eigenvalue weighted by Crippen LogP contribution is -1.91. The second-order valence-corrected chi connectivity index (χ2v) is 3.94. The fourth-order valence-corrected chi connectivity index (χ4v) is 1.75. The minimum atomic E-state index is 0.348. The summed E-state index contributed by atoms with van der Waals surface area (Å²) in [5.74, 6) is 0.348. The van der Waals surface area contributed by atoms with Crippen molar-refractivity contribution in [1.29, 1.82) is 5.26 Å². The highest BCUT2D eigenvalue weighted by Crippen LogP contribution is 2.18. The van der Waals surface area contributed by atoms with Gasteiger partial charge in [-0.2, -0.15) is 5.26 Å². The summed E-state index contributed by atoms with van der Waals surface area (Å²) in [5.41, 5.74) is 2.81. The van der Waals surface area contributed by atoms with Crippen molar-refractivity contribution in [3.8, 4) is 11.8 Å². The Kier molecular flexibility index (Phi) is 3.42. The van der Waals surface area contributed by atoms with E-state index in [4.69, 9.17) is 5.26 Å². The van der Waals surface area contributed by atoms with Gasteiger partial charge in [0.05, 0.1) is 11.6 Å². The molecular formula is C15H13NO. The molecule has 0 amide bonds. The summed E-state index contributed by atoms with van der Waals surface area (Å²) in [6, 6.07) is 17.0. The van der Waals surface area contributed by atoms with E-state index in [0.29, 0.717) is 11.3 Å². The smallest absolute Gasteiger partial charge is 0.118 e. The van der Waals surface area contributed by atoms with Gasteiger partial charge >= 0.3 is 0 Å². The summed E-state index contributed by atoms with van der Waals surface area (Å²) < 4.78 is 0. The van der Waals surface area contributed by atoms with E-state index < -0.39 is 0 Å². The molecule has 0 aliphatic carbocycles. The van der Waals surface area contributed by atoms with Crippen LogP contribution in [0.3, 0.4) is 0 Å². The van der Waals surface area contributed by atoms with Crippen LogP contribution >= 0.6 is 0 Å². The number of hydrogen-bond acceptors (Lipinski definition) is 2. The molecule has 0 saturated carbocycles. The van der Waals surface area contributed by atoms with Crippen molar-refractivity contribution >= 4 is 0 Å². The molecule has 84 valence electrons. The van der Waals surface area contributed by atoms with E-state index in [1.807, 2.05) is 42.5 Å². The van der Waals surface area contributed by atoms with Crippen LogP contribution < -0.4 is 0 Å². The number of phenols is 1.